The van der Waals surface area contributed by atoms with Gasteiger partial charge in [-0.15, -0.1) is 8.78 Å². The molecule has 1 heterocycles. The first kappa shape index (κ1) is 14.9. The second-order valence-corrected chi connectivity index (χ2v) is 5.95. The number of hydrogen-bond acceptors (Lipinski definition) is 3. The SMILES string of the molecule is O=C(NC1CCCc2ccccc21)c1ccc2c(c1)OC(F)(F)O2. The molecule has 0 radical (unpaired) electrons. The molecule has 0 aromatic heterocycles. The van der Waals surface area contributed by atoms with E-state index in [1.165, 1.54) is 23.8 Å². The van der Waals surface area contributed by atoms with Crippen LogP contribution in [0.2, 0.25) is 0 Å². The van der Waals surface area contributed by atoms with Crippen molar-refractivity contribution in [1.82, 2.24) is 5.32 Å². The van der Waals surface area contributed by atoms with Crippen molar-refractivity contribution in [3.63, 3.8) is 0 Å². The lowest BCUT2D eigenvalue weighted by atomic mass is 9.87. The Morgan fingerprint density at radius 2 is 1.92 bits per heavy atom. The van der Waals surface area contributed by atoms with Crippen molar-refractivity contribution >= 4 is 5.91 Å². The summed E-state index contributed by atoms with van der Waals surface area (Å²) in [5, 5.41) is 2.98. The summed E-state index contributed by atoms with van der Waals surface area (Å²) in [6.07, 6.45) is -0.831. The smallest absolute Gasteiger partial charge is 0.395 e. The summed E-state index contributed by atoms with van der Waals surface area (Å²) >= 11 is 0. The Hall–Kier alpha value is -2.63. The first-order valence-electron chi connectivity index (χ1n) is 7.80. The Kier molecular flexibility index (Phi) is 3.40. The van der Waals surface area contributed by atoms with E-state index in [1.807, 2.05) is 18.2 Å². The number of amides is 1. The fourth-order valence-corrected chi connectivity index (χ4v) is 3.24. The van der Waals surface area contributed by atoms with Gasteiger partial charge in [-0.05, 0) is 48.6 Å². The van der Waals surface area contributed by atoms with Crippen LogP contribution in [0.25, 0.3) is 0 Å². The number of carbonyl (C=O) groups is 1. The van der Waals surface area contributed by atoms with Crippen LogP contribution in [0, 0.1) is 0 Å². The maximum Gasteiger partial charge on any atom is 0.586 e. The van der Waals surface area contributed by atoms with Crippen LogP contribution in [-0.2, 0) is 6.42 Å². The van der Waals surface area contributed by atoms with E-state index in [-0.39, 0.29) is 29.0 Å². The lowest BCUT2D eigenvalue weighted by Gasteiger charge is -2.26. The average molecular weight is 331 g/mol. The molecule has 124 valence electrons. The van der Waals surface area contributed by atoms with Gasteiger partial charge in [0, 0.05) is 5.56 Å². The van der Waals surface area contributed by atoms with Crippen LogP contribution in [0.4, 0.5) is 8.78 Å². The molecule has 0 spiro atoms. The Labute approximate surface area is 137 Å². The maximum atomic E-state index is 13.1. The van der Waals surface area contributed by atoms with Gasteiger partial charge in [-0.2, -0.15) is 0 Å². The molecule has 0 fully saturated rings. The molecule has 4 rings (SSSR count). The molecule has 6 heteroatoms. The van der Waals surface area contributed by atoms with Gasteiger partial charge in [-0.1, -0.05) is 24.3 Å². The molecule has 1 atom stereocenters. The summed E-state index contributed by atoms with van der Waals surface area (Å²) in [7, 11) is 0. The van der Waals surface area contributed by atoms with E-state index < -0.39 is 6.29 Å². The molecule has 1 N–H and O–H groups in total. The van der Waals surface area contributed by atoms with Gasteiger partial charge in [0.15, 0.2) is 11.5 Å². The number of fused-ring (bicyclic) bond motifs is 2. The number of ether oxygens (including phenoxy) is 2. The average Bonchev–Trinajstić information content (AvgIpc) is 2.88. The first-order chi connectivity index (χ1) is 11.5. The minimum Gasteiger partial charge on any atom is -0.395 e. The van der Waals surface area contributed by atoms with Gasteiger partial charge < -0.3 is 14.8 Å². The van der Waals surface area contributed by atoms with E-state index in [9.17, 15) is 13.6 Å². The Balaban J connectivity index is 1.54. The molecule has 2 aromatic rings. The molecular weight excluding hydrogens is 316 g/mol. The largest absolute Gasteiger partial charge is 0.586 e. The minimum atomic E-state index is -3.68. The highest BCUT2D eigenvalue weighted by Crippen LogP contribution is 2.41. The highest BCUT2D eigenvalue weighted by molar-refractivity contribution is 5.95. The zero-order valence-electron chi connectivity index (χ0n) is 12.7. The van der Waals surface area contributed by atoms with Gasteiger partial charge in [0.05, 0.1) is 6.04 Å². The summed E-state index contributed by atoms with van der Waals surface area (Å²) < 4.78 is 34.9. The lowest BCUT2D eigenvalue weighted by Crippen LogP contribution is -2.30. The molecule has 1 amide bonds. The fourth-order valence-electron chi connectivity index (χ4n) is 3.24. The number of benzene rings is 2. The standard InChI is InChI=1S/C18H15F2NO3/c19-18(20)23-15-9-8-12(10-16(15)24-18)17(22)21-14-7-3-5-11-4-1-2-6-13(11)14/h1-2,4,6,8-10,14H,3,5,7H2,(H,21,22). The van der Waals surface area contributed by atoms with Crippen molar-refractivity contribution in [2.24, 2.45) is 0 Å². The molecule has 1 aliphatic heterocycles. The minimum absolute atomic E-state index is 0.0698. The number of alkyl halides is 2. The van der Waals surface area contributed by atoms with Gasteiger partial charge in [0.1, 0.15) is 0 Å². The van der Waals surface area contributed by atoms with Gasteiger partial charge in [-0.25, -0.2) is 0 Å². The highest BCUT2D eigenvalue weighted by Gasteiger charge is 2.43. The number of rotatable bonds is 2. The van der Waals surface area contributed by atoms with Crippen LogP contribution in [-0.4, -0.2) is 12.2 Å². The van der Waals surface area contributed by atoms with E-state index >= 15 is 0 Å². The van der Waals surface area contributed by atoms with E-state index in [0.29, 0.717) is 0 Å². The van der Waals surface area contributed by atoms with Crippen LogP contribution in [0.15, 0.2) is 42.5 Å². The van der Waals surface area contributed by atoms with E-state index in [4.69, 9.17) is 0 Å². The molecule has 0 bridgehead atoms. The van der Waals surface area contributed by atoms with Crippen LogP contribution in [0.3, 0.4) is 0 Å². The predicted octanol–water partition coefficient (Wildman–Crippen LogP) is 3.82. The number of halogens is 2. The second kappa shape index (κ2) is 5.47. The van der Waals surface area contributed by atoms with Crippen LogP contribution < -0.4 is 14.8 Å². The summed E-state index contributed by atoms with van der Waals surface area (Å²) in [5.41, 5.74) is 2.61. The maximum absolute atomic E-state index is 13.1. The molecule has 0 saturated heterocycles. The molecule has 1 unspecified atom stereocenters. The Morgan fingerprint density at radius 1 is 1.12 bits per heavy atom. The second-order valence-electron chi connectivity index (χ2n) is 5.95. The van der Waals surface area contributed by atoms with Gasteiger partial charge in [-0.3, -0.25) is 4.79 Å². The van der Waals surface area contributed by atoms with E-state index in [0.717, 1.165) is 24.8 Å². The van der Waals surface area contributed by atoms with Crippen molar-refractivity contribution in [1.29, 1.82) is 0 Å². The van der Waals surface area contributed by atoms with Crippen LogP contribution >= 0.6 is 0 Å². The number of carbonyl (C=O) groups excluding carboxylic acids is 1. The zero-order valence-corrected chi connectivity index (χ0v) is 12.7. The highest BCUT2D eigenvalue weighted by atomic mass is 19.3. The summed E-state index contributed by atoms with van der Waals surface area (Å²) in [6.45, 7) is 0. The zero-order chi connectivity index (χ0) is 16.7. The first-order valence-corrected chi connectivity index (χ1v) is 7.80. The third kappa shape index (κ3) is 2.68. The molecule has 2 aliphatic rings. The summed E-state index contributed by atoms with van der Waals surface area (Å²) in [4.78, 5) is 12.5. The third-order valence-corrected chi connectivity index (χ3v) is 4.34. The molecule has 24 heavy (non-hydrogen) atoms. The monoisotopic (exact) mass is 331 g/mol. The normalized spacial score (nSPS) is 20.3. The summed E-state index contributed by atoms with van der Waals surface area (Å²) in [5.74, 6) is -0.519. The molecule has 2 aromatic carbocycles. The lowest BCUT2D eigenvalue weighted by molar-refractivity contribution is -0.286. The van der Waals surface area contributed by atoms with Crippen LogP contribution in [0.1, 0.15) is 40.4 Å². The molecule has 0 saturated carbocycles. The fraction of sp³-hybridized carbons (Fsp3) is 0.278. The van der Waals surface area contributed by atoms with Crippen molar-refractivity contribution in [3.05, 3.63) is 59.2 Å². The van der Waals surface area contributed by atoms with Gasteiger partial charge in [0.2, 0.25) is 0 Å². The van der Waals surface area contributed by atoms with E-state index in [1.54, 1.807) is 0 Å². The number of nitrogens with one attached hydrogen (secondary N) is 1. The third-order valence-electron chi connectivity index (χ3n) is 4.34. The number of aryl methyl sites for hydroxylation is 1. The summed E-state index contributed by atoms with van der Waals surface area (Å²) in [6, 6.07) is 12.0. The predicted molar refractivity (Wildman–Crippen MR) is 82.2 cm³/mol. The Bertz CT molecular complexity index is 807. The molecule has 1 aliphatic carbocycles. The van der Waals surface area contributed by atoms with Gasteiger partial charge in [0.25, 0.3) is 5.91 Å². The van der Waals surface area contributed by atoms with Crippen molar-refractivity contribution < 1.29 is 23.0 Å². The quantitative estimate of drug-likeness (QED) is 0.910. The van der Waals surface area contributed by atoms with Crippen molar-refractivity contribution in [2.75, 3.05) is 0 Å². The van der Waals surface area contributed by atoms with Crippen molar-refractivity contribution in [2.45, 2.75) is 31.6 Å². The molecule has 4 nitrogen and oxygen atoms in total. The topological polar surface area (TPSA) is 47.6 Å². The Morgan fingerprint density at radius 3 is 2.79 bits per heavy atom. The van der Waals surface area contributed by atoms with Crippen molar-refractivity contribution in [3.8, 4) is 11.5 Å². The van der Waals surface area contributed by atoms with Crippen LogP contribution in [0.5, 0.6) is 11.5 Å². The molecular formula is C18H15F2NO3. The van der Waals surface area contributed by atoms with E-state index in [2.05, 4.69) is 20.9 Å². The number of hydrogen-bond donors (Lipinski definition) is 1. The van der Waals surface area contributed by atoms with Gasteiger partial charge >= 0.3 is 6.29 Å².